The van der Waals surface area contributed by atoms with E-state index in [-0.39, 0.29) is 11.3 Å². The predicted octanol–water partition coefficient (Wildman–Crippen LogP) is 2.86. The summed E-state index contributed by atoms with van der Waals surface area (Å²) < 4.78 is 13.2. The molecule has 0 fully saturated rings. The maximum absolute atomic E-state index is 13.2. The number of hydrogen-bond acceptors (Lipinski definition) is 4. The lowest BCUT2D eigenvalue weighted by Crippen LogP contribution is -2.15. The highest BCUT2D eigenvalue weighted by Crippen LogP contribution is 2.22. The highest BCUT2D eigenvalue weighted by Gasteiger charge is 2.21. The van der Waals surface area contributed by atoms with Crippen LogP contribution in [0.5, 0.6) is 0 Å². The maximum atomic E-state index is 13.2. The van der Waals surface area contributed by atoms with Gasteiger partial charge in [0.25, 0.3) is 11.6 Å². The van der Waals surface area contributed by atoms with Crippen LogP contribution >= 0.6 is 0 Å². The van der Waals surface area contributed by atoms with E-state index in [0.717, 1.165) is 18.2 Å². The van der Waals surface area contributed by atoms with Crippen molar-refractivity contribution >= 4 is 17.3 Å². The predicted molar refractivity (Wildman–Crippen MR) is 72.2 cm³/mol. The summed E-state index contributed by atoms with van der Waals surface area (Å²) in [5, 5.41) is 22.2. The monoisotopic (exact) mass is 285 g/mol. The molecule has 0 saturated heterocycles. The fourth-order valence-corrected chi connectivity index (χ4v) is 1.73. The van der Waals surface area contributed by atoms with Gasteiger partial charge in [-0.25, -0.2) is 4.39 Å². The number of amides is 1. The SMILES string of the molecule is N#Cc1ccccc1NC(=O)c1cc(F)ccc1[N+](=O)[O-]. The second kappa shape index (κ2) is 5.79. The molecule has 0 spiro atoms. The highest BCUT2D eigenvalue weighted by molar-refractivity contribution is 6.07. The number of nitrogens with one attached hydrogen (secondary N) is 1. The van der Waals surface area contributed by atoms with Crippen LogP contribution in [0, 0.1) is 27.3 Å². The fraction of sp³-hybridized carbons (Fsp3) is 0. The molecule has 0 aromatic heterocycles. The van der Waals surface area contributed by atoms with E-state index in [1.165, 1.54) is 12.1 Å². The van der Waals surface area contributed by atoms with Gasteiger partial charge in [-0.1, -0.05) is 12.1 Å². The molecule has 2 rings (SSSR count). The molecule has 1 amide bonds. The van der Waals surface area contributed by atoms with Crippen molar-refractivity contribution in [3.63, 3.8) is 0 Å². The first-order valence-corrected chi connectivity index (χ1v) is 5.77. The van der Waals surface area contributed by atoms with Gasteiger partial charge in [0, 0.05) is 6.07 Å². The zero-order valence-electron chi connectivity index (χ0n) is 10.5. The van der Waals surface area contributed by atoms with E-state index in [1.807, 2.05) is 6.07 Å². The average Bonchev–Trinajstić information content (AvgIpc) is 2.47. The van der Waals surface area contributed by atoms with Gasteiger partial charge in [0.1, 0.15) is 17.4 Å². The van der Waals surface area contributed by atoms with Gasteiger partial charge >= 0.3 is 0 Å². The summed E-state index contributed by atoms with van der Waals surface area (Å²) in [5.74, 6) is -1.62. The summed E-state index contributed by atoms with van der Waals surface area (Å²) in [6.07, 6.45) is 0. The third kappa shape index (κ3) is 3.01. The molecule has 1 N–H and O–H groups in total. The molecule has 0 radical (unpaired) electrons. The highest BCUT2D eigenvalue weighted by atomic mass is 19.1. The van der Waals surface area contributed by atoms with E-state index in [1.54, 1.807) is 12.1 Å². The van der Waals surface area contributed by atoms with Crippen molar-refractivity contribution in [1.29, 1.82) is 5.26 Å². The van der Waals surface area contributed by atoms with Crippen LogP contribution in [0.2, 0.25) is 0 Å². The van der Waals surface area contributed by atoms with Crippen molar-refractivity contribution in [2.75, 3.05) is 5.32 Å². The molecule has 104 valence electrons. The molecule has 6 nitrogen and oxygen atoms in total. The lowest BCUT2D eigenvalue weighted by molar-refractivity contribution is -0.385. The van der Waals surface area contributed by atoms with Crippen molar-refractivity contribution in [1.82, 2.24) is 0 Å². The van der Waals surface area contributed by atoms with Gasteiger partial charge in [0.2, 0.25) is 0 Å². The van der Waals surface area contributed by atoms with E-state index in [4.69, 9.17) is 5.26 Å². The topological polar surface area (TPSA) is 96.0 Å². The van der Waals surface area contributed by atoms with Crippen molar-refractivity contribution in [3.05, 3.63) is 69.5 Å². The number of carbonyl (C=O) groups is 1. The first kappa shape index (κ1) is 14.1. The number of nitro benzene ring substituents is 1. The number of nitro groups is 1. The van der Waals surface area contributed by atoms with E-state index in [2.05, 4.69) is 5.32 Å². The van der Waals surface area contributed by atoms with Crippen molar-refractivity contribution in [3.8, 4) is 6.07 Å². The standard InChI is InChI=1S/C14H8FN3O3/c15-10-5-6-13(18(20)21)11(7-10)14(19)17-12-4-2-1-3-9(12)8-16/h1-7H,(H,17,19). The molecule has 0 saturated carbocycles. The van der Waals surface area contributed by atoms with Crippen LogP contribution in [0.4, 0.5) is 15.8 Å². The molecule has 2 aromatic rings. The Morgan fingerprint density at radius 1 is 1.29 bits per heavy atom. The lowest BCUT2D eigenvalue weighted by atomic mass is 10.1. The Morgan fingerprint density at radius 2 is 2.00 bits per heavy atom. The third-order valence-corrected chi connectivity index (χ3v) is 2.70. The number of nitriles is 1. The number of benzene rings is 2. The summed E-state index contributed by atoms with van der Waals surface area (Å²) in [6.45, 7) is 0. The molecule has 0 heterocycles. The third-order valence-electron chi connectivity index (χ3n) is 2.70. The minimum Gasteiger partial charge on any atom is -0.321 e. The molecule has 0 aliphatic carbocycles. The molecule has 0 aliphatic heterocycles. The smallest absolute Gasteiger partial charge is 0.282 e. The molecule has 0 aliphatic rings. The number of para-hydroxylation sites is 1. The van der Waals surface area contributed by atoms with E-state index in [0.29, 0.717) is 0 Å². The maximum Gasteiger partial charge on any atom is 0.282 e. The second-order valence-corrected chi connectivity index (χ2v) is 4.03. The van der Waals surface area contributed by atoms with E-state index in [9.17, 15) is 19.3 Å². The summed E-state index contributed by atoms with van der Waals surface area (Å²) in [6, 6.07) is 10.6. The number of halogens is 1. The fourth-order valence-electron chi connectivity index (χ4n) is 1.73. The minimum atomic E-state index is -0.858. The van der Waals surface area contributed by atoms with Gasteiger partial charge in [0.15, 0.2) is 0 Å². The summed E-state index contributed by atoms with van der Waals surface area (Å²) in [5.41, 5.74) is -0.524. The Balaban J connectivity index is 2.39. The van der Waals surface area contributed by atoms with Crippen LogP contribution in [0.3, 0.4) is 0 Å². The number of anilines is 1. The number of hydrogen-bond donors (Lipinski definition) is 1. The quantitative estimate of drug-likeness (QED) is 0.692. The molecule has 0 bridgehead atoms. The van der Waals surface area contributed by atoms with Crippen LogP contribution in [-0.2, 0) is 0 Å². The van der Waals surface area contributed by atoms with Gasteiger partial charge in [-0.05, 0) is 24.3 Å². The second-order valence-electron chi connectivity index (χ2n) is 4.03. The van der Waals surface area contributed by atoms with Crippen molar-refractivity contribution < 1.29 is 14.1 Å². The first-order chi connectivity index (χ1) is 10.0. The largest absolute Gasteiger partial charge is 0.321 e. The summed E-state index contributed by atoms with van der Waals surface area (Å²) in [7, 11) is 0. The Labute approximate surface area is 118 Å². The van der Waals surface area contributed by atoms with Crippen LogP contribution < -0.4 is 5.32 Å². The lowest BCUT2D eigenvalue weighted by Gasteiger charge is -2.07. The Kier molecular flexibility index (Phi) is 3.90. The minimum absolute atomic E-state index is 0.198. The molecule has 7 heteroatoms. The number of nitrogens with zero attached hydrogens (tertiary/aromatic N) is 2. The molecular weight excluding hydrogens is 277 g/mol. The molecule has 21 heavy (non-hydrogen) atoms. The molecule has 0 atom stereocenters. The number of rotatable bonds is 3. The van der Waals surface area contributed by atoms with Gasteiger partial charge in [-0.3, -0.25) is 14.9 Å². The van der Waals surface area contributed by atoms with Gasteiger partial charge < -0.3 is 5.32 Å². The van der Waals surface area contributed by atoms with E-state index < -0.39 is 27.9 Å². The normalized spacial score (nSPS) is 9.71. The van der Waals surface area contributed by atoms with Crippen LogP contribution in [0.15, 0.2) is 42.5 Å². The van der Waals surface area contributed by atoms with E-state index >= 15 is 0 Å². The first-order valence-electron chi connectivity index (χ1n) is 5.77. The zero-order chi connectivity index (χ0) is 15.4. The summed E-state index contributed by atoms with van der Waals surface area (Å²) >= 11 is 0. The molecule has 2 aromatic carbocycles. The van der Waals surface area contributed by atoms with Crippen molar-refractivity contribution in [2.24, 2.45) is 0 Å². The van der Waals surface area contributed by atoms with Crippen LogP contribution in [-0.4, -0.2) is 10.8 Å². The van der Waals surface area contributed by atoms with Crippen molar-refractivity contribution in [2.45, 2.75) is 0 Å². The Morgan fingerprint density at radius 3 is 2.67 bits per heavy atom. The Hall–Kier alpha value is -3.27. The van der Waals surface area contributed by atoms with Gasteiger partial charge in [-0.15, -0.1) is 0 Å². The molecule has 0 unspecified atom stereocenters. The van der Waals surface area contributed by atoms with Gasteiger partial charge in [-0.2, -0.15) is 5.26 Å². The van der Waals surface area contributed by atoms with Crippen LogP contribution in [0.1, 0.15) is 15.9 Å². The summed E-state index contributed by atoms with van der Waals surface area (Å²) in [4.78, 5) is 22.2. The zero-order valence-corrected chi connectivity index (χ0v) is 10.5. The average molecular weight is 285 g/mol. The van der Waals surface area contributed by atoms with Crippen LogP contribution in [0.25, 0.3) is 0 Å². The number of carbonyl (C=O) groups excluding carboxylic acids is 1. The van der Waals surface area contributed by atoms with Gasteiger partial charge in [0.05, 0.1) is 16.2 Å². The molecular formula is C14H8FN3O3. The Bertz CT molecular complexity index is 768.